The maximum atomic E-state index is 12.6. The third kappa shape index (κ3) is 3.51. The van der Waals surface area contributed by atoms with Crippen molar-refractivity contribution in [2.24, 2.45) is 0 Å². The molecular weight excluding hydrogens is 312 g/mol. The quantitative estimate of drug-likeness (QED) is 0.737. The fourth-order valence-corrected chi connectivity index (χ4v) is 4.75. The molecule has 0 atom stereocenters. The first kappa shape index (κ1) is 16.5. The lowest BCUT2D eigenvalue weighted by molar-refractivity contribution is 0.142. The molecule has 0 saturated heterocycles. The van der Waals surface area contributed by atoms with Crippen molar-refractivity contribution in [3.05, 3.63) is 22.7 Å². The molecule has 1 aromatic rings. The molecule has 4 N–H and O–H groups in total. The van der Waals surface area contributed by atoms with Gasteiger partial charge in [-0.1, -0.05) is 30.9 Å². The number of rotatable bonds is 4. The molecule has 1 aromatic carbocycles. The number of aliphatic hydroxyl groups excluding tert-OH is 1. The molecule has 21 heavy (non-hydrogen) atoms. The molecule has 1 aliphatic carbocycles. The Bertz CT molecular complexity index is 625. The molecule has 1 saturated carbocycles. The number of nitrogens with two attached hydrogens (primary N) is 1. The fourth-order valence-electron chi connectivity index (χ4n) is 2.82. The van der Waals surface area contributed by atoms with Crippen LogP contribution in [0.3, 0.4) is 0 Å². The van der Waals surface area contributed by atoms with Crippen LogP contribution in [0.2, 0.25) is 5.02 Å². The van der Waals surface area contributed by atoms with E-state index in [2.05, 4.69) is 4.72 Å². The Labute approximate surface area is 130 Å². The lowest BCUT2D eigenvalue weighted by atomic mass is 9.83. The lowest BCUT2D eigenvalue weighted by Crippen LogP contribution is -2.52. The van der Waals surface area contributed by atoms with Crippen LogP contribution >= 0.6 is 11.6 Å². The van der Waals surface area contributed by atoms with Gasteiger partial charge in [0.05, 0.1) is 27.8 Å². The number of nitrogens with one attached hydrogen (secondary N) is 1. The van der Waals surface area contributed by atoms with Crippen molar-refractivity contribution in [2.45, 2.75) is 49.5 Å². The Morgan fingerprint density at radius 2 is 1.95 bits per heavy atom. The molecule has 1 fully saturated rings. The van der Waals surface area contributed by atoms with Crippen molar-refractivity contribution in [1.29, 1.82) is 0 Å². The van der Waals surface area contributed by atoms with Crippen molar-refractivity contribution < 1.29 is 13.5 Å². The minimum atomic E-state index is -3.75. The molecule has 0 aromatic heterocycles. The molecule has 0 unspecified atom stereocenters. The zero-order valence-electron chi connectivity index (χ0n) is 12.0. The number of anilines is 1. The number of benzene rings is 1. The van der Waals surface area contributed by atoms with Crippen LogP contribution in [0.5, 0.6) is 0 Å². The van der Waals surface area contributed by atoms with Crippen LogP contribution in [0, 0.1) is 6.92 Å². The highest BCUT2D eigenvalue weighted by molar-refractivity contribution is 7.89. The van der Waals surface area contributed by atoms with E-state index in [1.165, 1.54) is 12.1 Å². The first-order valence-corrected chi connectivity index (χ1v) is 8.86. The predicted octanol–water partition coefficient (Wildman–Crippen LogP) is 2.20. The summed E-state index contributed by atoms with van der Waals surface area (Å²) < 4.78 is 27.9. The zero-order valence-corrected chi connectivity index (χ0v) is 13.6. The van der Waals surface area contributed by atoms with E-state index < -0.39 is 15.6 Å². The van der Waals surface area contributed by atoms with E-state index in [1.807, 2.05) is 0 Å². The highest BCUT2D eigenvalue weighted by Gasteiger charge is 2.36. The van der Waals surface area contributed by atoms with E-state index in [9.17, 15) is 13.5 Å². The van der Waals surface area contributed by atoms with Crippen molar-refractivity contribution in [3.8, 4) is 0 Å². The number of hydrogen-bond donors (Lipinski definition) is 3. The van der Waals surface area contributed by atoms with Crippen LogP contribution in [0.4, 0.5) is 5.69 Å². The third-order valence-corrected chi connectivity index (χ3v) is 6.10. The average Bonchev–Trinajstić information content (AvgIpc) is 2.43. The molecule has 0 spiro atoms. The van der Waals surface area contributed by atoms with E-state index in [0.29, 0.717) is 23.4 Å². The highest BCUT2D eigenvalue weighted by Crippen LogP contribution is 2.31. The van der Waals surface area contributed by atoms with E-state index in [4.69, 9.17) is 17.3 Å². The van der Waals surface area contributed by atoms with Crippen LogP contribution in [-0.4, -0.2) is 25.7 Å². The second-order valence-electron chi connectivity index (χ2n) is 5.74. The highest BCUT2D eigenvalue weighted by atomic mass is 35.5. The van der Waals surface area contributed by atoms with Crippen molar-refractivity contribution >= 4 is 27.3 Å². The molecule has 7 heteroatoms. The molecule has 5 nitrogen and oxygen atoms in total. The molecule has 0 heterocycles. The smallest absolute Gasteiger partial charge is 0.241 e. The predicted molar refractivity (Wildman–Crippen MR) is 83.8 cm³/mol. The van der Waals surface area contributed by atoms with E-state index in [1.54, 1.807) is 6.92 Å². The Kier molecular flexibility index (Phi) is 4.82. The molecule has 0 bridgehead atoms. The molecule has 2 rings (SSSR count). The number of aryl methyl sites for hydroxylation is 1. The first-order chi connectivity index (χ1) is 9.80. The van der Waals surface area contributed by atoms with Gasteiger partial charge in [0.2, 0.25) is 10.0 Å². The van der Waals surface area contributed by atoms with Crippen LogP contribution in [-0.2, 0) is 10.0 Å². The Balaban J connectivity index is 2.36. The summed E-state index contributed by atoms with van der Waals surface area (Å²) in [7, 11) is -3.75. The Hall–Kier alpha value is -0.820. The summed E-state index contributed by atoms with van der Waals surface area (Å²) in [5.74, 6) is 0. The minimum absolute atomic E-state index is 0.114. The van der Waals surface area contributed by atoms with Gasteiger partial charge in [0, 0.05) is 0 Å². The normalized spacial score (nSPS) is 18.6. The van der Waals surface area contributed by atoms with Gasteiger partial charge in [-0.3, -0.25) is 0 Å². The largest absolute Gasteiger partial charge is 0.397 e. The monoisotopic (exact) mass is 332 g/mol. The number of halogens is 1. The van der Waals surface area contributed by atoms with Gasteiger partial charge < -0.3 is 10.8 Å². The molecule has 0 radical (unpaired) electrons. The molecule has 0 amide bonds. The molecule has 118 valence electrons. The summed E-state index contributed by atoms with van der Waals surface area (Å²) in [6.45, 7) is 1.47. The van der Waals surface area contributed by atoms with E-state index >= 15 is 0 Å². The van der Waals surface area contributed by atoms with Gasteiger partial charge in [-0.25, -0.2) is 13.1 Å². The summed E-state index contributed by atoms with van der Waals surface area (Å²) in [6.07, 6.45) is 4.17. The van der Waals surface area contributed by atoms with Gasteiger partial charge in [0.1, 0.15) is 0 Å². The van der Waals surface area contributed by atoms with Gasteiger partial charge in [-0.2, -0.15) is 0 Å². The summed E-state index contributed by atoms with van der Waals surface area (Å²) in [5.41, 5.74) is 5.70. The van der Waals surface area contributed by atoms with Crippen molar-refractivity contribution in [1.82, 2.24) is 4.72 Å². The SMILES string of the molecule is Cc1cc(Cl)c(N)cc1S(=O)(=O)NC1(CO)CCCCC1. The fraction of sp³-hybridized carbons (Fsp3) is 0.571. The number of hydrogen-bond acceptors (Lipinski definition) is 4. The summed E-state index contributed by atoms with van der Waals surface area (Å²) >= 11 is 5.90. The van der Waals surface area contributed by atoms with Gasteiger partial charge in [0.25, 0.3) is 0 Å². The van der Waals surface area contributed by atoms with Crippen molar-refractivity contribution in [2.75, 3.05) is 12.3 Å². The summed E-state index contributed by atoms with van der Waals surface area (Å²) in [5, 5.41) is 9.98. The number of nitrogen functional groups attached to an aromatic ring is 1. The topological polar surface area (TPSA) is 92.4 Å². The van der Waals surface area contributed by atoms with Gasteiger partial charge in [-0.05, 0) is 37.5 Å². The summed E-state index contributed by atoms with van der Waals surface area (Å²) in [6, 6.07) is 2.91. The van der Waals surface area contributed by atoms with Gasteiger partial charge in [0.15, 0.2) is 0 Å². The maximum Gasteiger partial charge on any atom is 0.241 e. The maximum absolute atomic E-state index is 12.6. The van der Waals surface area contributed by atoms with Crippen LogP contribution in [0.25, 0.3) is 0 Å². The van der Waals surface area contributed by atoms with E-state index in [0.717, 1.165) is 19.3 Å². The zero-order chi connectivity index (χ0) is 15.7. The first-order valence-electron chi connectivity index (χ1n) is 7.00. The Morgan fingerprint density at radius 1 is 1.33 bits per heavy atom. The van der Waals surface area contributed by atoms with E-state index in [-0.39, 0.29) is 17.2 Å². The molecule has 1 aliphatic rings. The average molecular weight is 333 g/mol. The molecular formula is C14H21ClN2O3S. The second-order valence-corrected chi connectivity index (χ2v) is 7.80. The van der Waals surface area contributed by atoms with Gasteiger partial charge in [-0.15, -0.1) is 0 Å². The van der Waals surface area contributed by atoms with Crippen molar-refractivity contribution in [3.63, 3.8) is 0 Å². The summed E-state index contributed by atoms with van der Waals surface area (Å²) in [4.78, 5) is 0.114. The number of aliphatic hydroxyl groups is 1. The Morgan fingerprint density at radius 3 is 2.52 bits per heavy atom. The van der Waals surface area contributed by atoms with Crippen LogP contribution in [0.15, 0.2) is 17.0 Å². The minimum Gasteiger partial charge on any atom is -0.397 e. The van der Waals surface area contributed by atoms with Gasteiger partial charge >= 0.3 is 0 Å². The van der Waals surface area contributed by atoms with Crippen LogP contribution in [0.1, 0.15) is 37.7 Å². The molecule has 0 aliphatic heterocycles. The standard InChI is InChI=1S/C14H21ClN2O3S/c1-10-7-11(15)12(16)8-13(10)21(19,20)17-14(9-18)5-3-2-4-6-14/h7-8,17-18H,2-6,9,16H2,1H3. The number of sulfonamides is 1. The second kappa shape index (κ2) is 6.12. The lowest BCUT2D eigenvalue weighted by Gasteiger charge is -2.36. The van der Waals surface area contributed by atoms with Crippen LogP contribution < -0.4 is 10.5 Å². The third-order valence-electron chi connectivity index (χ3n) is 4.05.